The molecule has 0 spiro atoms. The van der Waals surface area contributed by atoms with Gasteiger partial charge in [-0.1, -0.05) is 24.3 Å². The third-order valence-electron chi connectivity index (χ3n) is 4.73. The fourth-order valence-corrected chi connectivity index (χ4v) is 3.44. The van der Waals surface area contributed by atoms with E-state index in [0.717, 1.165) is 32.4 Å². The Morgan fingerprint density at radius 3 is 2.82 bits per heavy atom. The maximum absolute atomic E-state index is 12.8. The fourth-order valence-electron chi connectivity index (χ4n) is 3.44. The van der Waals surface area contributed by atoms with Crippen molar-refractivity contribution in [3.8, 4) is 0 Å². The van der Waals surface area contributed by atoms with Crippen LogP contribution in [-0.2, 0) is 22.6 Å². The molecule has 2 heterocycles. The van der Waals surface area contributed by atoms with E-state index in [-0.39, 0.29) is 23.8 Å². The summed E-state index contributed by atoms with van der Waals surface area (Å²) in [5, 5.41) is 6.03. The number of benzene rings is 1. The van der Waals surface area contributed by atoms with Crippen molar-refractivity contribution in [1.82, 2.24) is 15.5 Å². The monoisotopic (exact) mass is 301 g/mol. The minimum atomic E-state index is -0.168. The highest BCUT2D eigenvalue weighted by Crippen LogP contribution is 2.21. The van der Waals surface area contributed by atoms with Crippen LogP contribution >= 0.6 is 0 Å². The molecule has 0 aromatic heterocycles. The number of nitrogens with zero attached hydrogens (tertiary/aromatic N) is 1. The molecule has 118 valence electrons. The molecule has 2 amide bonds. The fraction of sp³-hybridized carbons (Fsp3) is 0.529. The van der Waals surface area contributed by atoms with Crippen molar-refractivity contribution < 1.29 is 9.59 Å². The zero-order valence-electron chi connectivity index (χ0n) is 13.0. The summed E-state index contributed by atoms with van der Waals surface area (Å²) in [7, 11) is 1.66. The first-order valence-corrected chi connectivity index (χ1v) is 7.99. The van der Waals surface area contributed by atoms with Crippen molar-refractivity contribution >= 4 is 11.8 Å². The zero-order valence-corrected chi connectivity index (χ0v) is 13.0. The van der Waals surface area contributed by atoms with Crippen LogP contribution in [0.25, 0.3) is 0 Å². The number of carbonyl (C=O) groups is 2. The normalized spacial score (nSPS) is 24.5. The molecule has 2 aliphatic rings. The molecule has 5 nitrogen and oxygen atoms in total. The van der Waals surface area contributed by atoms with E-state index in [4.69, 9.17) is 0 Å². The van der Waals surface area contributed by atoms with Crippen LogP contribution in [0.1, 0.15) is 24.0 Å². The number of likely N-dealkylation sites (tertiary alicyclic amines) is 1. The lowest BCUT2D eigenvalue weighted by Gasteiger charge is -2.35. The number of hydrogen-bond acceptors (Lipinski definition) is 3. The highest BCUT2D eigenvalue weighted by molar-refractivity contribution is 5.84. The molecule has 2 N–H and O–H groups in total. The van der Waals surface area contributed by atoms with Gasteiger partial charge in [-0.2, -0.15) is 0 Å². The van der Waals surface area contributed by atoms with Gasteiger partial charge in [-0.15, -0.1) is 0 Å². The van der Waals surface area contributed by atoms with Gasteiger partial charge in [0, 0.05) is 26.7 Å². The van der Waals surface area contributed by atoms with Crippen molar-refractivity contribution in [2.45, 2.75) is 31.8 Å². The highest BCUT2D eigenvalue weighted by atomic mass is 16.2. The van der Waals surface area contributed by atoms with Gasteiger partial charge in [-0.25, -0.2) is 0 Å². The Morgan fingerprint density at radius 1 is 1.27 bits per heavy atom. The second-order valence-electron chi connectivity index (χ2n) is 6.14. The van der Waals surface area contributed by atoms with Gasteiger partial charge in [0.25, 0.3) is 0 Å². The van der Waals surface area contributed by atoms with Gasteiger partial charge in [-0.05, 0) is 30.4 Å². The van der Waals surface area contributed by atoms with Crippen LogP contribution in [0, 0.1) is 5.92 Å². The Balaban J connectivity index is 1.66. The molecule has 1 fully saturated rings. The Morgan fingerprint density at radius 2 is 2.05 bits per heavy atom. The Bertz CT molecular complexity index is 573. The molecule has 2 aliphatic heterocycles. The zero-order chi connectivity index (χ0) is 15.5. The minimum Gasteiger partial charge on any atom is -0.359 e. The largest absolute Gasteiger partial charge is 0.359 e. The van der Waals surface area contributed by atoms with Crippen molar-refractivity contribution in [3.63, 3.8) is 0 Å². The lowest BCUT2D eigenvalue weighted by molar-refractivity contribution is -0.137. The SMILES string of the molecule is CNC(=O)[C@@H]1CCCN(C(=O)[C@H]2Cc3ccccc3CN2)C1. The predicted octanol–water partition coefficient (Wildman–Crippen LogP) is 0.685. The van der Waals surface area contributed by atoms with Crippen LogP contribution in [-0.4, -0.2) is 42.9 Å². The summed E-state index contributed by atoms with van der Waals surface area (Å²) < 4.78 is 0. The average Bonchev–Trinajstić information content (AvgIpc) is 2.60. The van der Waals surface area contributed by atoms with E-state index >= 15 is 0 Å². The highest BCUT2D eigenvalue weighted by Gasteiger charge is 2.32. The summed E-state index contributed by atoms with van der Waals surface area (Å²) in [4.78, 5) is 26.4. The summed E-state index contributed by atoms with van der Waals surface area (Å²) in [5.41, 5.74) is 2.52. The van der Waals surface area contributed by atoms with Crippen LogP contribution < -0.4 is 10.6 Å². The quantitative estimate of drug-likeness (QED) is 0.845. The van der Waals surface area contributed by atoms with E-state index in [9.17, 15) is 9.59 Å². The first-order chi connectivity index (χ1) is 10.7. The molecule has 22 heavy (non-hydrogen) atoms. The standard InChI is InChI=1S/C17H23N3O2/c1-18-16(21)14-7-4-8-20(11-14)17(22)15-9-12-5-2-3-6-13(12)10-19-15/h2-3,5-6,14-15,19H,4,7-11H2,1H3,(H,18,21)/t14-,15-/m1/s1. The number of amides is 2. The van der Waals surface area contributed by atoms with Gasteiger partial charge in [0.15, 0.2) is 0 Å². The molecule has 0 saturated carbocycles. The Hall–Kier alpha value is -1.88. The maximum Gasteiger partial charge on any atom is 0.240 e. The van der Waals surface area contributed by atoms with E-state index in [1.807, 2.05) is 17.0 Å². The van der Waals surface area contributed by atoms with E-state index in [0.29, 0.717) is 6.54 Å². The predicted molar refractivity (Wildman–Crippen MR) is 84.1 cm³/mol. The summed E-state index contributed by atoms with van der Waals surface area (Å²) in [5.74, 6) is 0.0983. The number of rotatable bonds is 2. The van der Waals surface area contributed by atoms with E-state index in [1.165, 1.54) is 11.1 Å². The summed E-state index contributed by atoms with van der Waals surface area (Å²) in [6.07, 6.45) is 2.49. The van der Waals surface area contributed by atoms with Gasteiger partial charge < -0.3 is 15.5 Å². The average molecular weight is 301 g/mol. The van der Waals surface area contributed by atoms with Gasteiger partial charge >= 0.3 is 0 Å². The molecular formula is C17H23N3O2. The van der Waals surface area contributed by atoms with Crippen LogP contribution in [0.5, 0.6) is 0 Å². The van der Waals surface area contributed by atoms with E-state index in [1.54, 1.807) is 7.05 Å². The molecule has 1 saturated heterocycles. The van der Waals surface area contributed by atoms with Crippen LogP contribution in [0.15, 0.2) is 24.3 Å². The van der Waals surface area contributed by atoms with E-state index in [2.05, 4.69) is 22.8 Å². The first kappa shape index (κ1) is 15.0. The minimum absolute atomic E-state index is 0.0412. The number of carbonyl (C=O) groups excluding carboxylic acids is 2. The van der Waals surface area contributed by atoms with Gasteiger partial charge in [0.1, 0.15) is 0 Å². The van der Waals surface area contributed by atoms with Gasteiger partial charge in [0.2, 0.25) is 11.8 Å². The smallest absolute Gasteiger partial charge is 0.240 e. The van der Waals surface area contributed by atoms with Crippen LogP contribution in [0.3, 0.4) is 0 Å². The lowest BCUT2D eigenvalue weighted by Crippen LogP contribution is -2.53. The molecule has 2 atom stereocenters. The first-order valence-electron chi connectivity index (χ1n) is 7.99. The number of fused-ring (bicyclic) bond motifs is 1. The van der Waals surface area contributed by atoms with Gasteiger partial charge in [-0.3, -0.25) is 9.59 Å². The van der Waals surface area contributed by atoms with Crippen LogP contribution in [0.4, 0.5) is 0 Å². The number of piperidine rings is 1. The Kier molecular flexibility index (Phi) is 4.43. The molecule has 0 bridgehead atoms. The van der Waals surface area contributed by atoms with Crippen molar-refractivity contribution in [1.29, 1.82) is 0 Å². The van der Waals surface area contributed by atoms with Crippen molar-refractivity contribution in [2.24, 2.45) is 5.92 Å². The summed E-state index contributed by atoms with van der Waals surface area (Å²) in [6, 6.07) is 8.08. The molecule has 1 aromatic rings. The third-order valence-corrected chi connectivity index (χ3v) is 4.73. The Labute approximate surface area is 131 Å². The molecule has 3 rings (SSSR count). The second kappa shape index (κ2) is 6.48. The third kappa shape index (κ3) is 2.99. The van der Waals surface area contributed by atoms with Crippen molar-refractivity contribution in [2.75, 3.05) is 20.1 Å². The molecule has 0 aliphatic carbocycles. The molecule has 1 aromatic carbocycles. The van der Waals surface area contributed by atoms with Gasteiger partial charge in [0.05, 0.1) is 12.0 Å². The second-order valence-corrected chi connectivity index (χ2v) is 6.14. The summed E-state index contributed by atoms with van der Waals surface area (Å²) >= 11 is 0. The summed E-state index contributed by atoms with van der Waals surface area (Å²) in [6.45, 7) is 2.03. The van der Waals surface area contributed by atoms with Crippen LogP contribution in [0.2, 0.25) is 0 Å². The molecule has 5 heteroatoms. The maximum atomic E-state index is 12.8. The van der Waals surface area contributed by atoms with E-state index < -0.39 is 0 Å². The topological polar surface area (TPSA) is 61.4 Å². The molecule has 0 unspecified atom stereocenters. The number of hydrogen-bond donors (Lipinski definition) is 2. The molecule has 0 radical (unpaired) electrons. The van der Waals surface area contributed by atoms with Crippen molar-refractivity contribution in [3.05, 3.63) is 35.4 Å². The number of nitrogens with one attached hydrogen (secondary N) is 2. The molecular weight excluding hydrogens is 278 g/mol. The lowest BCUT2D eigenvalue weighted by atomic mass is 9.93.